The van der Waals surface area contributed by atoms with E-state index in [1.54, 1.807) is 23.4 Å². The third-order valence-electron chi connectivity index (χ3n) is 6.04. The Labute approximate surface area is 189 Å². The van der Waals surface area contributed by atoms with Crippen molar-refractivity contribution in [1.82, 2.24) is 33.8 Å². The Balaban J connectivity index is 1.13. The average Bonchev–Trinajstić information content (AvgIpc) is 3.25. The van der Waals surface area contributed by atoms with E-state index < -0.39 is 0 Å². The fraction of sp³-hybridized carbons (Fsp3) is 0.240. The molecule has 0 N–H and O–H groups in total. The van der Waals surface area contributed by atoms with Crippen molar-refractivity contribution in [2.45, 2.75) is 38.1 Å². The molecule has 1 aliphatic carbocycles. The van der Waals surface area contributed by atoms with Crippen LogP contribution in [0.5, 0.6) is 0 Å². The summed E-state index contributed by atoms with van der Waals surface area (Å²) in [5.41, 5.74) is 5.96. The zero-order chi connectivity index (χ0) is 22.4. The Morgan fingerprint density at radius 3 is 2.97 bits per heavy atom. The Morgan fingerprint density at radius 2 is 2.12 bits per heavy atom. The number of aromatic nitrogens is 7. The minimum Gasteiger partial charge on any atom is -0.306 e. The highest BCUT2D eigenvalue weighted by Gasteiger charge is 2.25. The van der Waals surface area contributed by atoms with Crippen molar-refractivity contribution in [3.05, 3.63) is 83.6 Å². The van der Waals surface area contributed by atoms with Gasteiger partial charge in [-0.3, -0.25) is 9.48 Å². The van der Waals surface area contributed by atoms with Gasteiger partial charge in [-0.25, -0.2) is 14.5 Å². The molecular weight excluding hydrogens is 414 g/mol. The molecule has 8 heteroatoms. The zero-order valence-electron chi connectivity index (χ0n) is 17.9. The third kappa shape index (κ3) is 3.78. The lowest BCUT2D eigenvalue weighted by atomic mass is 10.1. The molecule has 162 valence electrons. The predicted octanol–water partition coefficient (Wildman–Crippen LogP) is 3.30. The summed E-state index contributed by atoms with van der Waals surface area (Å²) >= 11 is 0. The number of carbonyl (C=O) groups excluding carboxylic acids is 1. The summed E-state index contributed by atoms with van der Waals surface area (Å²) in [6.07, 6.45) is 17.8. The SMILES string of the molecule is C#Cc1ccn2cnc(CCC(=O)c3cnn(Cc4cn5nc(C6CC6)ccc5n4)c3)c2c1. The number of hydrogen-bond acceptors (Lipinski definition) is 5. The van der Waals surface area contributed by atoms with Crippen LogP contribution in [0.3, 0.4) is 0 Å². The Bertz CT molecular complexity index is 1540. The number of Topliss-reactive ketones (excluding diaryl/α,β-unsaturated/α-hetero) is 1. The molecule has 0 radical (unpaired) electrons. The molecule has 1 saturated carbocycles. The molecule has 1 aliphatic rings. The Hall–Kier alpha value is -4.25. The second-order valence-corrected chi connectivity index (χ2v) is 8.46. The van der Waals surface area contributed by atoms with Gasteiger partial charge in [0.25, 0.3) is 0 Å². The van der Waals surface area contributed by atoms with E-state index >= 15 is 0 Å². The fourth-order valence-corrected chi connectivity index (χ4v) is 4.08. The van der Waals surface area contributed by atoms with Crippen LogP contribution >= 0.6 is 0 Å². The van der Waals surface area contributed by atoms with E-state index in [0.717, 1.165) is 33.8 Å². The molecular formula is C25H21N7O. The Morgan fingerprint density at radius 1 is 1.21 bits per heavy atom. The average molecular weight is 435 g/mol. The van der Waals surface area contributed by atoms with Crippen LogP contribution in [0.4, 0.5) is 0 Å². The molecule has 0 atom stereocenters. The maximum absolute atomic E-state index is 12.8. The molecule has 8 nitrogen and oxygen atoms in total. The van der Waals surface area contributed by atoms with Crippen molar-refractivity contribution < 1.29 is 4.79 Å². The van der Waals surface area contributed by atoms with Crippen LogP contribution in [0.1, 0.15) is 58.2 Å². The lowest BCUT2D eigenvalue weighted by Crippen LogP contribution is -2.02. The summed E-state index contributed by atoms with van der Waals surface area (Å²) < 4.78 is 5.48. The van der Waals surface area contributed by atoms with Gasteiger partial charge in [0.05, 0.1) is 53.4 Å². The maximum atomic E-state index is 12.8. The lowest BCUT2D eigenvalue weighted by molar-refractivity contribution is 0.0982. The molecule has 5 aromatic heterocycles. The van der Waals surface area contributed by atoms with Gasteiger partial charge in [-0.15, -0.1) is 6.42 Å². The summed E-state index contributed by atoms with van der Waals surface area (Å²) in [5.74, 6) is 3.26. The van der Waals surface area contributed by atoms with Crippen LogP contribution < -0.4 is 0 Å². The summed E-state index contributed by atoms with van der Waals surface area (Å²) in [6, 6.07) is 7.85. The molecule has 5 heterocycles. The molecule has 0 amide bonds. The van der Waals surface area contributed by atoms with Gasteiger partial charge in [-0.2, -0.15) is 10.2 Å². The first-order chi connectivity index (χ1) is 16.2. The van der Waals surface area contributed by atoms with Gasteiger partial charge in [0.15, 0.2) is 11.4 Å². The highest BCUT2D eigenvalue weighted by Crippen LogP contribution is 2.38. The van der Waals surface area contributed by atoms with Gasteiger partial charge in [0, 0.05) is 30.3 Å². The van der Waals surface area contributed by atoms with Gasteiger partial charge in [-0.05, 0) is 43.5 Å². The highest BCUT2D eigenvalue weighted by molar-refractivity contribution is 5.95. The number of imidazole rings is 2. The first-order valence-corrected chi connectivity index (χ1v) is 11.0. The van der Waals surface area contributed by atoms with Gasteiger partial charge >= 0.3 is 0 Å². The highest BCUT2D eigenvalue weighted by atomic mass is 16.1. The molecule has 33 heavy (non-hydrogen) atoms. The lowest BCUT2D eigenvalue weighted by Gasteiger charge is -2.00. The number of pyridine rings is 1. The van der Waals surface area contributed by atoms with Crippen LogP contribution in [0, 0.1) is 12.3 Å². The first kappa shape index (κ1) is 19.4. The van der Waals surface area contributed by atoms with Gasteiger partial charge < -0.3 is 4.40 Å². The van der Waals surface area contributed by atoms with Crippen LogP contribution in [0.25, 0.3) is 11.2 Å². The van der Waals surface area contributed by atoms with Gasteiger partial charge in [-0.1, -0.05) is 5.92 Å². The monoisotopic (exact) mass is 435 g/mol. The molecule has 0 saturated heterocycles. The summed E-state index contributed by atoms with van der Waals surface area (Å²) in [7, 11) is 0. The van der Waals surface area contributed by atoms with Crippen LogP contribution in [0.2, 0.25) is 0 Å². The van der Waals surface area contributed by atoms with E-state index in [1.165, 1.54) is 12.8 Å². The summed E-state index contributed by atoms with van der Waals surface area (Å²) in [5, 5.41) is 9.03. The number of rotatable bonds is 7. The number of ketones is 1. The molecule has 6 rings (SSSR count). The van der Waals surface area contributed by atoms with Crippen molar-refractivity contribution in [3.63, 3.8) is 0 Å². The van der Waals surface area contributed by atoms with E-state index in [0.29, 0.717) is 30.9 Å². The van der Waals surface area contributed by atoms with E-state index in [1.807, 2.05) is 39.5 Å². The molecule has 1 fully saturated rings. The quantitative estimate of drug-likeness (QED) is 0.289. The van der Waals surface area contributed by atoms with Crippen LogP contribution in [-0.2, 0) is 13.0 Å². The van der Waals surface area contributed by atoms with E-state index in [4.69, 9.17) is 6.42 Å². The third-order valence-corrected chi connectivity index (χ3v) is 6.04. The molecule has 0 spiro atoms. The normalized spacial score (nSPS) is 13.5. The number of carbonyl (C=O) groups is 1. The van der Waals surface area contributed by atoms with E-state index in [-0.39, 0.29) is 5.78 Å². The molecule has 0 aromatic carbocycles. The van der Waals surface area contributed by atoms with Crippen molar-refractivity contribution >= 4 is 16.9 Å². The first-order valence-electron chi connectivity index (χ1n) is 11.0. The van der Waals surface area contributed by atoms with Crippen molar-refractivity contribution in [2.24, 2.45) is 0 Å². The number of terminal acetylenes is 1. The smallest absolute Gasteiger partial charge is 0.166 e. The molecule has 0 aliphatic heterocycles. The molecule has 0 bridgehead atoms. The van der Waals surface area contributed by atoms with Crippen molar-refractivity contribution in [3.8, 4) is 12.3 Å². The Kier molecular flexibility index (Phi) is 4.54. The fourth-order valence-electron chi connectivity index (χ4n) is 4.08. The predicted molar refractivity (Wildman–Crippen MR) is 122 cm³/mol. The van der Waals surface area contributed by atoms with Crippen LogP contribution in [0.15, 0.2) is 55.4 Å². The minimum absolute atomic E-state index is 0.0289. The second kappa shape index (κ2) is 7.71. The number of aryl methyl sites for hydroxylation is 1. The van der Waals surface area contributed by atoms with E-state index in [2.05, 4.69) is 32.2 Å². The summed E-state index contributed by atoms with van der Waals surface area (Å²) in [4.78, 5) is 21.8. The van der Waals surface area contributed by atoms with Gasteiger partial charge in [0.1, 0.15) is 0 Å². The summed E-state index contributed by atoms with van der Waals surface area (Å²) in [6.45, 7) is 0.482. The standard InChI is InChI=1S/C25H21N7O/c1-2-17-9-10-30-16-26-22(23(30)11-17)5-7-24(33)19-12-27-31(13-19)14-20-15-32-25(28-20)8-6-21(29-32)18-3-4-18/h1,6,8-13,15-16,18H,3-5,7,14H2. The number of fused-ring (bicyclic) bond motifs is 2. The van der Waals surface area contributed by atoms with Crippen molar-refractivity contribution in [2.75, 3.05) is 0 Å². The number of hydrogen-bond donors (Lipinski definition) is 0. The zero-order valence-corrected chi connectivity index (χ0v) is 17.9. The largest absolute Gasteiger partial charge is 0.306 e. The maximum Gasteiger partial charge on any atom is 0.166 e. The molecule has 0 unspecified atom stereocenters. The topological polar surface area (TPSA) is 82.4 Å². The van der Waals surface area contributed by atoms with Crippen molar-refractivity contribution in [1.29, 1.82) is 0 Å². The van der Waals surface area contributed by atoms with Crippen LogP contribution in [-0.4, -0.2) is 39.5 Å². The minimum atomic E-state index is 0.0289. The second-order valence-electron chi connectivity index (χ2n) is 8.46. The van der Waals surface area contributed by atoms with Gasteiger partial charge in [0.2, 0.25) is 0 Å². The number of nitrogens with zero attached hydrogens (tertiary/aromatic N) is 7. The molecule has 5 aromatic rings. The van der Waals surface area contributed by atoms with E-state index in [9.17, 15) is 4.79 Å².